The molecule has 4 heteroatoms. The smallest absolute Gasteiger partial charge is 0.308 e. The van der Waals surface area contributed by atoms with Crippen molar-refractivity contribution in [2.45, 2.75) is 13.8 Å². The first kappa shape index (κ1) is 13.7. The lowest BCUT2D eigenvalue weighted by Crippen LogP contribution is -2.08. The molecule has 0 aliphatic rings. The molecule has 0 atom stereocenters. The fraction of sp³-hybridized carbons (Fsp3) is 0.143. The molecule has 0 amide bonds. The largest absolute Gasteiger partial charge is 0.423 e. The summed E-state index contributed by atoms with van der Waals surface area (Å²) in [6, 6.07) is 3.25. The van der Waals surface area contributed by atoms with Crippen LogP contribution in [0.5, 0.6) is 11.5 Å². The maximum atomic E-state index is 11.1. The zero-order chi connectivity index (χ0) is 13.7. The Labute approximate surface area is 106 Å². The van der Waals surface area contributed by atoms with Crippen LogP contribution in [0.4, 0.5) is 0 Å². The van der Waals surface area contributed by atoms with Gasteiger partial charge in [-0.15, -0.1) is 0 Å². The van der Waals surface area contributed by atoms with E-state index >= 15 is 0 Å². The van der Waals surface area contributed by atoms with Crippen molar-refractivity contribution in [3.8, 4) is 11.5 Å². The van der Waals surface area contributed by atoms with E-state index in [9.17, 15) is 9.59 Å². The van der Waals surface area contributed by atoms with Gasteiger partial charge in [-0.2, -0.15) is 0 Å². The Morgan fingerprint density at radius 1 is 1.06 bits per heavy atom. The van der Waals surface area contributed by atoms with Gasteiger partial charge in [-0.1, -0.05) is 31.4 Å². The number of rotatable bonds is 4. The highest BCUT2D eigenvalue weighted by molar-refractivity contribution is 5.79. The number of benzene rings is 1. The molecule has 0 N–H and O–H groups in total. The van der Waals surface area contributed by atoms with Crippen molar-refractivity contribution in [1.82, 2.24) is 0 Å². The van der Waals surface area contributed by atoms with E-state index < -0.39 is 11.9 Å². The molecule has 0 bridgehead atoms. The van der Waals surface area contributed by atoms with Crippen LogP contribution in [0, 0.1) is 0 Å². The highest BCUT2D eigenvalue weighted by Gasteiger charge is 2.15. The van der Waals surface area contributed by atoms with E-state index in [1.54, 1.807) is 18.2 Å². The Morgan fingerprint density at radius 3 is 2.11 bits per heavy atom. The molecule has 0 saturated carbocycles. The van der Waals surface area contributed by atoms with Crippen LogP contribution in [0.2, 0.25) is 0 Å². The maximum Gasteiger partial charge on any atom is 0.308 e. The Balaban J connectivity index is 3.42. The molecular weight excluding hydrogens is 232 g/mol. The molecule has 1 rings (SSSR count). The summed E-state index contributed by atoms with van der Waals surface area (Å²) in [5.41, 5.74) is 1.29. The van der Waals surface area contributed by atoms with E-state index in [-0.39, 0.29) is 11.5 Å². The Kier molecular flexibility index (Phi) is 4.43. The monoisotopic (exact) mass is 246 g/mol. The fourth-order valence-corrected chi connectivity index (χ4v) is 1.47. The fourth-order valence-electron chi connectivity index (χ4n) is 1.47. The lowest BCUT2D eigenvalue weighted by atomic mass is 10.1. The molecular formula is C14H14O4. The average Bonchev–Trinajstić information content (AvgIpc) is 2.29. The lowest BCUT2D eigenvalue weighted by molar-refractivity contribution is -0.134. The van der Waals surface area contributed by atoms with Gasteiger partial charge in [0.2, 0.25) is 0 Å². The predicted molar refractivity (Wildman–Crippen MR) is 69.2 cm³/mol. The van der Waals surface area contributed by atoms with Crippen LogP contribution in [0.3, 0.4) is 0 Å². The first-order valence-corrected chi connectivity index (χ1v) is 5.28. The number of carbonyl (C=O) groups excluding carboxylic acids is 2. The first-order chi connectivity index (χ1) is 8.49. The minimum atomic E-state index is -0.507. The summed E-state index contributed by atoms with van der Waals surface area (Å²) in [7, 11) is 0. The normalized spacial score (nSPS) is 9.44. The van der Waals surface area contributed by atoms with E-state index in [4.69, 9.17) is 9.47 Å². The first-order valence-electron chi connectivity index (χ1n) is 5.28. The van der Waals surface area contributed by atoms with Crippen molar-refractivity contribution in [3.05, 3.63) is 36.4 Å². The topological polar surface area (TPSA) is 52.6 Å². The third-order valence-electron chi connectivity index (χ3n) is 2.12. The number of ether oxygens (including phenoxy) is 2. The number of hydrogen-bond acceptors (Lipinski definition) is 4. The van der Waals surface area contributed by atoms with Crippen molar-refractivity contribution >= 4 is 24.1 Å². The van der Waals surface area contributed by atoms with E-state index in [2.05, 4.69) is 13.2 Å². The Morgan fingerprint density at radius 2 is 1.67 bits per heavy atom. The highest BCUT2D eigenvalue weighted by Crippen LogP contribution is 2.35. The van der Waals surface area contributed by atoms with E-state index in [0.29, 0.717) is 5.56 Å². The standard InChI is InChI=1S/C14H14O4/c1-5-11-7-8-13(17-9(3)15)14(12(11)6-2)18-10(4)16/h5-8H,1-2H2,3-4H3. The Bertz CT molecular complexity index is 515. The molecule has 18 heavy (non-hydrogen) atoms. The zero-order valence-corrected chi connectivity index (χ0v) is 10.4. The van der Waals surface area contributed by atoms with Crippen LogP contribution in [-0.4, -0.2) is 11.9 Å². The third kappa shape index (κ3) is 3.07. The summed E-state index contributed by atoms with van der Waals surface area (Å²) in [6.07, 6.45) is 3.11. The van der Waals surface area contributed by atoms with Crippen LogP contribution < -0.4 is 9.47 Å². The quantitative estimate of drug-likeness (QED) is 0.605. The zero-order valence-electron chi connectivity index (χ0n) is 10.4. The minimum absolute atomic E-state index is 0.171. The van der Waals surface area contributed by atoms with Gasteiger partial charge in [-0.3, -0.25) is 9.59 Å². The summed E-state index contributed by atoms with van der Waals surface area (Å²) >= 11 is 0. The molecule has 94 valence electrons. The summed E-state index contributed by atoms with van der Waals surface area (Å²) in [5.74, 6) is -0.652. The van der Waals surface area contributed by atoms with E-state index in [1.165, 1.54) is 19.9 Å². The van der Waals surface area contributed by atoms with Crippen LogP contribution in [0.25, 0.3) is 12.2 Å². The highest BCUT2D eigenvalue weighted by atomic mass is 16.6. The predicted octanol–water partition coefficient (Wildman–Crippen LogP) is 2.82. The lowest BCUT2D eigenvalue weighted by Gasteiger charge is -2.13. The van der Waals surface area contributed by atoms with Gasteiger partial charge in [0, 0.05) is 19.4 Å². The molecule has 0 spiro atoms. The molecule has 0 saturated heterocycles. The van der Waals surface area contributed by atoms with Crippen LogP contribution in [-0.2, 0) is 9.59 Å². The van der Waals surface area contributed by atoms with Gasteiger partial charge in [-0.25, -0.2) is 0 Å². The summed E-state index contributed by atoms with van der Waals surface area (Å²) in [5, 5.41) is 0. The van der Waals surface area contributed by atoms with Gasteiger partial charge in [0.05, 0.1) is 0 Å². The summed E-state index contributed by atoms with van der Waals surface area (Å²) < 4.78 is 10.1. The van der Waals surface area contributed by atoms with E-state index in [0.717, 1.165) is 5.56 Å². The SMILES string of the molecule is C=Cc1ccc(OC(C)=O)c(OC(C)=O)c1C=C. The molecule has 4 nitrogen and oxygen atoms in total. The Hall–Kier alpha value is -2.36. The van der Waals surface area contributed by atoms with Crippen molar-refractivity contribution in [2.75, 3.05) is 0 Å². The number of carbonyl (C=O) groups is 2. The minimum Gasteiger partial charge on any atom is -0.423 e. The van der Waals surface area contributed by atoms with Crippen molar-refractivity contribution in [3.63, 3.8) is 0 Å². The van der Waals surface area contributed by atoms with E-state index in [1.807, 2.05) is 0 Å². The molecule has 1 aromatic carbocycles. The second-order valence-corrected chi connectivity index (χ2v) is 3.49. The number of esters is 2. The van der Waals surface area contributed by atoms with Crippen LogP contribution in [0.1, 0.15) is 25.0 Å². The van der Waals surface area contributed by atoms with Gasteiger partial charge in [-0.05, 0) is 11.6 Å². The number of hydrogen-bond donors (Lipinski definition) is 0. The van der Waals surface area contributed by atoms with Crippen molar-refractivity contribution in [1.29, 1.82) is 0 Å². The third-order valence-corrected chi connectivity index (χ3v) is 2.12. The second-order valence-electron chi connectivity index (χ2n) is 3.49. The van der Waals surface area contributed by atoms with Gasteiger partial charge in [0.1, 0.15) is 0 Å². The molecule has 0 aliphatic heterocycles. The van der Waals surface area contributed by atoms with Gasteiger partial charge < -0.3 is 9.47 Å². The van der Waals surface area contributed by atoms with Gasteiger partial charge in [0.15, 0.2) is 11.5 Å². The summed E-state index contributed by atoms with van der Waals surface area (Å²) in [4.78, 5) is 22.1. The molecule has 0 unspecified atom stereocenters. The van der Waals surface area contributed by atoms with Gasteiger partial charge >= 0.3 is 11.9 Å². The van der Waals surface area contributed by atoms with Crippen LogP contribution in [0.15, 0.2) is 25.3 Å². The second kappa shape index (κ2) is 5.82. The van der Waals surface area contributed by atoms with Crippen LogP contribution >= 0.6 is 0 Å². The molecule has 0 heterocycles. The van der Waals surface area contributed by atoms with Gasteiger partial charge in [0.25, 0.3) is 0 Å². The molecule has 1 aromatic rings. The summed E-state index contributed by atoms with van der Waals surface area (Å²) in [6.45, 7) is 9.84. The molecule has 0 aromatic heterocycles. The molecule has 0 aliphatic carbocycles. The average molecular weight is 246 g/mol. The van der Waals surface area contributed by atoms with Crippen molar-refractivity contribution in [2.24, 2.45) is 0 Å². The molecule has 0 radical (unpaired) electrons. The van der Waals surface area contributed by atoms with Crippen molar-refractivity contribution < 1.29 is 19.1 Å². The molecule has 0 fully saturated rings. The maximum absolute atomic E-state index is 11.1.